The van der Waals surface area contributed by atoms with Crippen molar-refractivity contribution in [1.82, 2.24) is 30.4 Å². The SMILES string of the molecule is CC(C)COc1c(C(=O)NC23CC4CC(CC(C4)C2)C3)cnn1/C=C/C(C)(C)C(=O)N[C@@H](Cc1cnc[nH]1)C(=O)O. The second kappa shape index (κ2) is 11.3. The van der Waals surface area contributed by atoms with Crippen molar-refractivity contribution in [1.29, 1.82) is 0 Å². The van der Waals surface area contributed by atoms with Crippen LogP contribution < -0.4 is 15.4 Å². The zero-order valence-electron chi connectivity index (χ0n) is 24.4. The summed E-state index contributed by atoms with van der Waals surface area (Å²) < 4.78 is 7.57. The highest BCUT2D eigenvalue weighted by Crippen LogP contribution is 2.55. The van der Waals surface area contributed by atoms with Crippen LogP contribution in [0.4, 0.5) is 0 Å². The van der Waals surface area contributed by atoms with Crippen molar-refractivity contribution in [2.45, 2.75) is 84.2 Å². The molecule has 0 aromatic carbocycles. The number of H-pyrrole nitrogens is 1. The van der Waals surface area contributed by atoms with Crippen LogP contribution in [0.25, 0.3) is 6.20 Å². The fourth-order valence-corrected chi connectivity index (χ4v) is 7.07. The third-order valence-electron chi connectivity index (χ3n) is 8.76. The van der Waals surface area contributed by atoms with E-state index < -0.39 is 23.3 Å². The minimum atomic E-state index is -1.14. The number of imidazole rings is 1. The fourth-order valence-electron chi connectivity index (χ4n) is 7.07. The number of aromatic nitrogens is 4. The number of amides is 2. The first-order valence-corrected chi connectivity index (χ1v) is 14.7. The monoisotopic (exact) mass is 566 g/mol. The van der Waals surface area contributed by atoms with Gasteiger partial charge in [0.05, 0.1) is 24.5 Å². The first kappa shape index (κ1) is 28.9. The van der Waals surface area contributed by atoms with E-state index in [1.165, 1.54) is 42.7 Å². The van der Waals surface area contributed by atoms with Crippen LogP contribution in [0.1, 0.15) is 82.3 Å². The molecule has 2 aromatic rings. The summed E-state index contributed by atoms with van der Waals surface area (Å²) in [5.41, 5.74) is -0.242. The molecule has 4 N–H and O–H groups in total. The molecule has 1 atom stereocenters. The third-order valence-corrected chi connectivity index (χ3v) is 8.76. The maximum atomic E-state index is 13.6. The molecule has 4 saturated carbocycles. The van der Waals surface area contributed by atoms with Gasteiger partial charge < -0.3 is 25.5 Å². The van der Waals surface area contributed by atoms with Gasteiger partial charge in [0.1, 0.15) is 11.6 Å². The minimum absolute atomic E-state index is 0.0788. The Hall–Kier alpha value is -3.63. The van der Waals surface area contributed by atoms with E-state index in [2.05, 4.69) is 25.7 Å². The van der Waals surface area contributed by atoms with Crippen LogP contribution in [0.3, 0.4) is 0 Å². The topological polar surface area (TPSA) is 151 Å². The van der Waals surface area contributed by atoms with Gasteiger partial charge in [-0.1, -0.05) is 19.9 Å². The number of hydrogen-bond acceptors (Lipinski definition) is 6. The van der Waals surface area contributed by atoms with Gasteiger partial charge in [0.2, 0.25) is 11.8 Å². The average Bonchev–Trinajstić information content (AvgIpc) is 3.54. The second-order valence-electron chi connectivity index (χ2n) is 13.3. The molecule has 222 valence electrons. The number of aromatic amines is 1. The van der Waals surface area contributed by atoms with Gasteiger partial charge in [0.25, 0.3) is 5.91 Å². The molecule has 4 aliphatic rings. The smallest absolute Gasteiger partial charge is 0.326 e. The van der Waals surface area contributed by atoms with Crippen LogP contribution in [-0.4, -0.2) is 60.8 Å². The molecule has 4 fully saturated rings. The van der Waals surface area contributed by atoms with Crippen LogP contribution in [0.2, 0.25) is 0 Å². The molecule has 0 radical (unpaired) electrons. The molecule has 0 aliphatic heterocycles. The number of carboxylic acid groups (broad SMARTS) is 1. The largest absolute Gasteiger partial charge is 0.480 e. The van der Waals surface area contributed by atoms with Crippen molar-refractivity contribution < 1.29 is 24.2 Å². The molecule has 0 spiro atoms. The van der Waals surface area contributed by atoms with Gasteiger partial charge in [-0.25, -0.2) is 14.5 Å². The Morgan fingerprint density at radius 1 is 1.17 bits per heavy atom. The van der Waals surface area contributed by atoms with Gasteiger partial charge in [-0.2, -0.15) is 5.10 Å². The lowest BCUT2D eigenvalue weighted by Gasteiger charge is -2.56. The number of rotatable bonds is 12. The van der Waals surface area contributed by atoms with Crippen molar-refractivity contribution in [3.63, 3.8) is 0 Å². The Labute approximate surface area is 240 Å². The predicted octanol–water partition coefficient (Wildman–Crippen LogP) is 3.65. The lowest BCUT2D eigenvalue weighted by Crippen LogP contribution is -2.59. The zero-order chi connectivity index (χ0) is 29.4. The van der Waals surface area contributed by atoms with E-state index in [0.29, 0.717) is 41.5 Å². The molecule has 0 unspecified atom stereocenters. The van der Waals surface area contributed by atoms with E-state index in [0.717, 1.165) is 19.3 Å². The first-order valence-electron chi connectivity index (χ1n) is 14.7. The summed E-state index contributed by atoms with van der Waals surface area (Å²) in [6.07, 6.45) is 14.8. The van der Waals surface area contributed by atoms with E-state index in [4.69, 9.17) is 4.74 Å². The molecule has 2 heterocycles. The summed E-state index contributed by atoms with van der Waals surface area (Å²) in [7, 11) is 0. The van der Waals surface area contributed by atoms with Crippen LogP contribution in [0.15, 0.2) is 24.8 Å². The molecule has 4 aliphatic carbocycles. The zero-order valence-corrected chi connectivity index (χ0v) is 24.4. The number of carbonyl (C=O) groups is 3. The maximum absolute atomic E-state index is 13.6. The van der Waals surface area contributed by atoms with E-state index in [9.17, 15) is 19.5 Å². The lowest BCUT2D eigenvalue weighted by molar-refractivity contribution is -0.142. The molecule has 11 nitrogen and oxygen atoms in total. The standard InChI is InChI=1S/C30H42N6O5/c1-18(2)16-41-26-23(25(37)35-30-11-19-7-20(12-30)9-21(8-19)13-30)15-33-36(26)6-5-29(3,4)28(40)34-24(27(38)39)10-22-14-31-17-32-22/h5-6,14-15,17-21,24H,7-13,16H2,1-4H3,(H,31,32)(H,34,40)(H,35,37)(H,38,39)/b6-5+/t19?,20?,21?,24-,30?/m0/s1. The van der Waals surface area contributed by atoms with Crippen molar-refractivity contribution in [2.24, 2.45) is 29.1 Å². The number of ether oxygens (including phenoxy) is 1. The van der Waals surface area contributed by atoms with Gasteiger partial charge in [-0.3, -0.25) is 9.59 Å². The van der Waals surface area contributed by atoms with Gasteiger partial charge in [-0.05, 0) is 76.0 Å². The number of carbonyl (C=O) groups excluding carboxylic acids is 2. The molecule has 2 amide bonds. The quantitative estimate of drug-likeness (QED) is 0.306. The van der Waals surface area contributed by atoms with Crippen LogP contribution >= 0.6 is 0 Å². The lowest BCUT2D eigenvalue weighted by atomic mass is 9.53. The summed E-state index contributed by atoms with van der Waals surface area (Å²) in [6.45, 7) is 7.83. The highest BCUT2D eigenvalue weighted by atomic mass is 16.5. The third kappa shape index (κ3) is 6.49. The summed E-state index contributed by atoms with van der Waals surface area (Å²) in [6, 6.07) is -1.12. The maximum Gasteiger partial charge on any atom is 0.326 e. The summed E-state index contributed by atoms with van der Waals surface area (Å²) >= 11 is 0. The summed E-state index contributed by atoms with van der Waals surface area (Å²) in [4.78, 5) is 45.3. The number of aliphatic carboxylic acids is 1. The number of hydrogen-bond donors (Lipinski definition) is 4. The number of nitrogens with zero attached hydrogens (tertiary/aromatic N) is 3. The van der Waals surface area contributed by atoms with Crippen LogP contribution in [0, 0.1) is 29.1 Å². The van der Waals surface area contributed by atoms with Gasteiger partial charge in [0.15, 0.2) is 0 Å². The average molecular weight is 567 g/mol. The Balaban J connectivity index is 1.31. The molecule has 4 bridgehead atoms. The van der Waals surface area contributed by atoms with E-state index >= 15 is 0 Å². The molecule has 2 aromatic heterocycles. The summed E-state index contributed by atoms with van der Waals surface area (Å²) in [5, 5.41) is 20.1. The summed E-state index contributed by atoms with van der Waals surface area (Å²) in [5.74, 6) is 0.899. The van der Waals surface area contributed by atoms with Gasteiger partial charge in [0, 0.05) is 30.1 Å². The molecular formula is C30H42N6O5. The normalized spacial score (nSPS) is 25.9. The van der Waals surface area contributed by atoms with E-state index in [1.807, 2.05) is 13.8 Å². The predicted molar refractivity (Wildman–Crippen MR) is 152 cm³/mol. The molecular weight excluding hydrogens is 524 g/mol. The molecule has 0 saturated heterocycles. The van der Waals surface area contributed by atoms with E-state index in [-0.39, 0.29) is 23.8 Å². The Morgan fingerprint density at radius 2 is 1.83 bits per heavy atom. The Bertz CT molecular complexity index is 1260. The van der Waals surface area contributed by atoms with Crippen molar-refractivity contribution >= 4 is 24.0 Å². The number of carboxylic acids is 1. The Kier molecular flexibility index (Phi) is 7.98. The molecule has 6 rings (SSSR count). The molecule has 41 heavy (non-hydrogen) atoms. The van der Waals surface area contributed by atoms with Crippen LogP contribution in [-0.2, 0) is 16.0 Å². The second-order valence-corrected chi connectivity index (χ2v) is 13.3. The van der Waals surface area contributed by atoms with Gasteiger partial charge >= 0.3 is 5.97 Å². The molecule has 11 heteroatoms. The van der Waals surface area contributed by atoms with Crippen molar-refractivity contribution in [2.75, 3.05) is 6.61 Å². The van der Waals surface area contributed by atoms with Crippen LogP contribution in [0.5, 0.6) is 5.88 Å². The van der Waals surface area contributed by atoms with Crippen molar-refractivity contribution in [3.8, 4) is 5.88 Å². The van der Waals surface area contributed by atoms with Gasteiger partial charge in [-0.15, -0.1) is 0 Å². The minimum Gasteiger partial charge on any atom is -0.480 e. The number of nitrogens with one attached hydrogen (secondary N) is 3. The highest BCUT2D eigenvalue weighted by Gasteiger charge is 2.51. The fraction of sp³-hybridized carbons (Fsp3) is 0.633. The van der Waals surface area contributed by atoms with E-state index in [1.54, 1.807) is 26.1 Å². The highest BCUT2D eigenvalue weighted by molar-refractivity contribution is 5.97. The first-order chi connectivity index (χ1) is 19.4. The Morgan fingerprint density at radius 3 is 2.39 bits per heavy atom. The van der Waals surface area contributed by atoms with Crippen molar-refractivity contribution in [3.05, 3.63) is 36.1 Å².